The Morgan fingerprint density at radius 3 is 2.62 bits per heavy atom. The molecule has 2 aromatic carbocycles. The quantitative estimate of drug-likeness (QED) is 0.923. The van der Waals surface area contributed by atoms with Crippen molar-refractivity contribution in [2.45, 2.75) is 24.8 Å². The third-order valence-electron chi connectivity index (χ3n) is 3.46. The van der Waals surface area contributed by atoms with Gasteiger partial charge in [-0.25, -0.2) is 0 Å². The molecule has 2 unspecified atom stereocenters. The summed E-state index contributed by atoms with van der Waals surface area (Å²) in [6, 6.07) is 13.3. The van der Waals surface area contributed by atoms with Crippen molar-refractivity contribution in [3.63, 3.8) is 0 Å². The zero-order valence-corrected chi connectivity index (χ0v) is 13.4. The zero-order valence-electron chi connectivity index (χ0n) is 12.6. The molecule has 112 valence electrons. The van der Waals surface area contributed by atoms with Crippen molar-refractivity contribution < 1.29 is 8.95 Å². The predicted octanol–water partition coefficient (Wildman–Crippen LogP) is 3.12. The highest BCUT2D eigenvalue weighted by Gasteiger charge is 2.17. The van der Waals surface area contributed by atoms with E-state index in [0.717, 1.165) is 27.3 Å². The van der Waals surface area contributed by atoms with Crippen molar-refractivity contribution in [2.24, 2.45) is 5.73 Å². The van der Waals surface area contributed by atoms with Crippen molar-refractivity contribution >= 4 is 10.8 Å². The molecule has 0 aliphatic rings. The minimum Gasteiger partial charge on any atom is -0.496 e. The molecule has 0 aliphatic heterocycles. The Kier molecular flexibility index (Phi) is 5.15. The van der Waals surface area contributed by atoms with E-state index in [-0.39, 0.29) is 6.04 Å². The van der Waals surface area contributed by atoms with Crippen molar-refractivity contribution in [1.29, 1.82) is 0 Å². The average Bonchev–Trinajstić information content (AvgIpc) is 2.49. The molecule has 0 aromatic heterocycles. The molecule has 0 aliphatic carbocycles. The Morgan fingerprint density at radius 1 is 1.19 bits per heavy atom. The minimum atomic E-state index is -1.13. The zero-order chi connectivity index (χ0) is 15.4. The summed E-state index contributed by atoms with van der Waals surface area (Å²) in [5.74, 6) is 1.12. The molecule has 0 amide bonds. The van der Waals surface area contributed by atoms with Gasteiger partial charge in [0.25, 0.3) is 0 Å². The van der Waals surface area contributed by atoms with Crippen LogP contribution < -0.4 is 10.5 Å². The SMILES string of the molecule is COc1ccccc1C(N)CS(=O)c1cc(C)ccc1C. The van der Waals surface area contributed by atoms with E-state index in [9.17, 15) is 4.21 Å². The molecular formula is C17H21NO2S. The molecule has 0 bridgehead atoms. The third kappa shape index (κ3) is 3.71. The number of benzene rings is 2. The maximum Gasteiger partial charge on any atom is 0.123 e. The monoisotopic (exact) mass is 303 g/mol. The van der Waals surface area contributed by atoms with Gasteiger partial charge in [0.1, 0.15) is 5.75 Å². The van der Waals surface area contributed by atoms with Crippen molar-refractivity contribution in [1.82, 2.24) is 0 Å². The lowest BCUT2D eigenvalue weighted by Crippen LogP contribution is -2.19. The lowest BCUT2D eigenvalue weighted by atomic mass is 10.1. The van der Waals surface area contributed by atoms with Crippen LogP contribution in [0.4, 0.5) is 0 Å². The maximum atomic E-state index is 12.6. The summed E-state index contributed by atoms with van der Waals surface area (Å²) in [6.07, 6.45) is 0. The summed E-state index contributed by atoms with van der Waals surface area (Å²) >= 11 is 0. The molecule has 0 heterocycles. The van der Waals surface area contributed by atoms with E-state index < -0.39 is 10.8 Å². The first-order valence-corrected chi connectivity index (χ1v) is 8.19. The number of para-hydroxylation sites is 1. The molecule has 2 rings (SSSR count). The number of methoxy groups -OCH3 is 1. The number of nitrogens with two attached hydrogens (primary N) is 1. The van der Waals surface area contributed by atoms with E-state index in [4.69, 9.17) is 10.5 Å². The topological polar surface area (TPSA) is 52.3 Å². The van der Waals surface area contributed by atoms with Gasteiger partial charge in [-0.1, -0.05) is 30.3 Å². The van der Waals surface area contributed by atoms with Crippen LogP contribution in [0.25, 0.3) is 0 Å². The second-order valence-corrected chi connectivity index (χ2v) is 6.59. The van der Waals surface area contributed by atoms with Crippen LogP contribution >= 0.6 is 0 Å². The van der Waals surface area contributed by atoms with Crippen LogP contribution in [0.2, 0.25) is 0 Å². The highest BCUT2D eigenvalue weighted by Crippen LogP contribution is 2.25. The van der Waals surface area contributed by atoms with Crippen LogP contribution in [0.5, 0.6) is 5.75 Å². The van der Waals surface area contributed by atoms with E-state index >= 15 is 0 Å². The van der Waals surface area contributed by atoms with Crippen molar-refractivity contribution in [3.8, 4) is 5.75 Å². The first kappa shape index (κ1) is 15.7. The molecule has 2 N–H and O–H groups in total. The lowest BCUT2D eigenvalue weighted by molar-refractivity contribution is 0.407. The first-order chi connectivity index (χ1) is 10.0. The van der Waals surface area contributed by atoms with Crippen LogP contribution in [0.3, 0.4) is 0 Å². The van der Waals surface area contributed by atoms with Crippen LogP contribution in [0, 0.1) is 13.8 Å². The standard InChI is InChI=1S/C17H21NO2S/c1-12-8-9-13(2)17(10-12)21(19)11-15(18)14-6-4-5-7-16(14)20-3/h4-10,15H,11,18H2,1-3H3. The fourth-order valence-corrected chi connectivity index (χ4v) is 3.70. The smallest absolute Gasteiger partial charge is 0.123 e. The second kappa shape index (κ2) is 6.87. The van der Waals surface area contributed by atoms with Gasteiger partial charge in [0.15, 0.2) is 0 Å². The Bertz CT molecular complexity index is 655. The van der Waals surface area contributed by atoms with Gasteiger partial charge in [0.2, 0.25) is 0 Å². The molecular weight excluding hydrogens is 282 g/mol. The highest BCUT2D eigenvalue weighted by molar-refractivity contribution is 7.85. The fourth-order valence-electron chi connectivity index (χ4n) is 2.27. The number of ether oxygens (including phenoxy) is 1. The molecule has 2 aromatic rings. The lowest BCUT2D eigenvalue weighted by Gasteiger charge is -2.16. The van der Waals surface area contributed by atoms with E-state index in [1.807, 2.05) is 56.3 Å². The number of rotatable bonds is 5. The predicted molar refractivity (Wildman–Crippen MR) is 87.1 cm³/mol. The summed E-state index contributed by atoms with van der Waals surface area (Å²) in [4.78, 5) is 0.861. The summed E-state index contributed by atoms with van der Waals surface area (Å²) < 4.78 is 17.9. The van der Waals surface area contributed by atoms with Crippen LogP contribution in [0.1, 0.15) is 22.7 Å². The third-order valence-corrected chi connectivity index (χ3v) is 5.05. The second-order valence-electron chi connectivity index (χ2n) is 5.13. The van der Waals surface area contributed by atoms with E-state index in [1.165, 1.54) is 0 Å². The van der Waals surface area contributed by atoms with Crippen molar-refractivity contribution in [3.05, 3.63) is 59.2 Å². The Balaban J connectivity index is 2.21. The normalized spacial score (nSPS) is 13.7. The largest absolute Gasteiger partial charge is 0.496 e. The van der Waals surface area contributed by atoms with Gasteiger partial charge in [-0.3, -0.25) is 4.21 Å². The number of aryl methyl sites for hydroxylation is 2. The summed E-state index contributed by atoms with van der Waals surface area (Å²) in [7, 11) is 0.492. The number of hydrogen-bond donors (Lipinski definition) is 1. The molecule has 0 saturated carbocycles. The molecule has 0 saturated heterocycles. The molecule has 0 spiro atoms. The van der Waals surface area contributed by atoms with E-state index in [1.54, 1.807) is 7.11 Å². The van der Waals surface area contributed by atoms with Gasteiger partial charge in [-0.05, 0) is 37.1 Å². The summed E-state index contributed by atoms with van der Waals surface area (Å²) in [5.41, 5.74) is 9.25. The van der Waals surface area contributed by atoms with E-state index in [2.05, 4.69) is 0 Å². The van der Waals surface area contributed by atoms with E-state index in [0.29, 0.717) is 5.75 Å². The summed E-state index contributed by atoms with van der Waals surface area (Å²) in [5, 5.41) is 0. The van der Waals surface area contributed by atoms with Gasteiger partial charge < -0.3 is 10.5 Å². The molecule has 4 heteroatoms. The van der Waals surface area contributed by atoms with Gasteiger partial charge in [-0.2, -0.15) is 0 Å². The number of hydrogen-bond acceptors (Lipinski definition) is 3. The molecule has 3 nitrogen and oxygen atoms in total. The average molecular weight is 303 g/mol. The van der Waals surface area contributed by atoms with Crippen LogP contribution in [-0.2, 0) is 10.8 Å². The van der Waals surface area contributed by atoms with Gasteiger partial charge in [0, 0.05) is 22.3 Å². The van der Waals surface area contributed by atoms with Crippen LogP contribution in [0.15, 0.2) is 47.4 Å². The Morgan fingerprint density at radius 2 is 1.90 bits per heavy atom. The van der Waals surface area contributed by atoms with Gasteiger partial charge >= 0.3 is 0 Å². The highest BCUT2D eigenvalue weighted by atomic mass is 32.2. The summed E-state index contributed by atoms with van der Waals surface area (Å²) in [6.45, 7) is 3.97. The fraction of sp³-hybridized carbons (Fsp3) is 0.294. The van der Waals surface area contributed by atoms with Gasteiger partial charge in [0.05, 0.1) is 17.9 Å². The van der Waals surface area contributed by atoms with Gasteiger partial charge in [-0.15, -0.1) is 0 Å². The molecule has 2 atom stereocenters. The Labute approximate surface area is 128 Å². The maximum absolute atomic E-state index is 12.6. The van der Waals surface area contributed by atoms with Crippen molar-refractivity contribution in [2.75, 3.05) is 12.9 Å². The molecule has 0 radical (unpaired) electrons. The molecule has 0 fully saturated rings. The minimum absolute atomic E-state index is 0.318. The Hall–Kier alpha value is -1.65. The van der Waals surface area contributed by atoms with Crippen LogP contribution in [-0.4, -0.2) is 17.1 Å². The molecule has 21 heavy (non-hydrogen) atoms. The first-order valence-electron chi connectivity index (χ1n) is 6.87.